The van der Waals surface area contributed by atoms with Crippen molar-refractivity contribution in [2.75, 3.05) is 6.61 Å². The number of rotatable bonds is 6. The Bertz CT molecular complexity index is 716. The highest BCUT2D eigenvalue weighted by Gasteiger charge is 2.52. The van der Waals surface area contributed by atoms with E-state index in [2.05, 4.69) is 15.5 Å². The summed E-state index contributed by atoms with van der Waals surface area (Å²) in [6.07, 6.45) is 2.93. The van der Waals surface area contributed by atoms with E-state index in [0.717, 1.165) is 6.08 Å². The first-order valence-electron chi connectivity index (χ1n) is 7.75. The van der Waals surface area contributed by atoms with Gasteiger partial charge in [-0.2, -0.15) is 5.01 Å². The number of hydrazine groups is 1. The molecule has 0 bridgehead atoms. The zero-order valence-corrected chi connectivity index (χ0v) is 13.9. The van der Waals surface area contributed by atoms with Crippen molar-refractivity contribution in [2.45, 2.75) is 25.8 Å². The lowest BCUT2D eigenvalue weighted by molar-refractivity contribution is -0.147. The van der Waals surface area contributed by atoms with Crippen molar-refractivity contribution in [3.05, 3.63) is 48.0 Å². The molecule has 1 aliphatic heterocycles. The summed E-state index contributed by atoms with van der Waals surface area (Å²) in [5, 5.41) is 3.24. The lowest BCUT2D eigenvalue weighted by Gasteiger charge is -2.25. The van der Waals surface area contributed by atoms with Crippen LogP contribution in [0, 0.1) is 0 Å². The highest BCUT2D eigenvalue weighted by atomic mass is 16.5. The molecule has 0 aromatic heterocycles. The molecular weight excluding hydrogens is 326 g/mol. The quantitative estimate of drug-likeness (QED) is 0.454. The molecule has 1 heterocycles. The van der Waals surface area contributed by atoms with Crippen LogP contribution in [0.2, 0.25) is 0 Å². The average molecular weight is 345 g/mol. The number of allylic oxidation sites excluding steroid dienone is 1. The number of ether oxygens (including phenoxy) is 1. The van der Waals surface area contributed by atoms with Crippen molar-refractivity contribution >= 4 is 23.8 Å². The molecule has 1 saturated heterocycles. The molecule has 8 heteroatoms. The molecule has 1 aromatic rings. The summed E-state index contributed by atoms with van der Waals surface area (Å²) in [5.41, 5.74) is 1.54. The van der Waals surface area contributed by atoms with E-state index in [0.29, 0.717) is 17.0 Å². The number of carbonyl (C=O) groups is 4. The second-order valence-corrected chi connectivity index (χ2v) is 5.34. The Hall–Kier alpha value is -3.16. The van der Waals surface area contributed by atoms with Crippen LogP contribution in [0.1, 0.15) is 25.8 Å². The Balaban J connectivity index is 2.10. The minimum atomic E-state index is -1.24. The summed E-state index contributed by atoms with van der Waals surface area (Å²) in [7, 11) is 0. The fourth-order valence-corrected chi connectivity index (χ4v) is 2.52. The second-order valence-electron chi connectivity index (χ2n) is 5.34. The van der Waals surface area contributed by atoms with Gasteiger partial charge in [-0.15, -0.1) is 0 Å². The second kappa shape index (κ2) is 7.61. The van der Waals surface area contributed by atoms with Crippen LogP contribution in [0.15, 0.2) is 42.5 Å². The van der Waals surface area contributed by atoms with E-state index >= 15 is 0 Å². The van der Waals surface area contributed by atoms with Crippen molar-refractivity contribution in [1.29, 1.82) is 0 Å². The summed E-state index contributed by atoms with van der Waals surface area (Å²) >= 11 is 0. The highest BCUT2D eigenvalue weighted by molar-refractivity contribution is 6.08. The molecule has 0 aliphatic carbocycles. The third-order valence-corrected chi connectivity index (χ3v) is 3.77. The van der Waals surface area contributed by atoms with Crippen LogP contribution < -0.4 is 10.7 Å². The molecule has 0 saturated carbocycles. The van der Waals surface area contributed by atoms with Crippen LogP contribution in [0.3, 0.4) is 0 Å². The summed E-state index contributed by atoms with van der Waals surface area (Å²) in [5.74, 6) is -2.08. The van der Waals surface area contributed by atoms with Crippen molar-refractivity contribution in [3.63, 3.8) is 0 Å². The van der Waals surface area contributed by atoms with E-state index in [4.69, 9.17) is 0 Å². The molecule has 1 atom stereocenters. The molecular formula is C17H19N3O5. The number of carbonyl (C=O) groups excluding carboxylic acids is 4. The van der Waals surface area contributed by atoms with E-state index in [1.807, 2.05) is 0 Å². The zero-order chi connectivity index (χ0) is 18.4. The van der Waals surface area contributed by atoms with Gasteiger partial charge in [0.2, 0.25) is 0 Å². The summed E-state index contributed by atoms with van der Waals surface area (Å²) in [4.78, 5) is 48.0. The number of esters is 1. The fourth-order valence-electron chi connectivity index (χ4n) is 2.52. The largest absolute Gasteiger partial charge is 0.452 e. The molecule has 2 N–H and O–H groups in total. The minimum absolute atomic E-state index is 0.310. The molecule has 132 valence electrons. The van der Waals surface area contributed by atoms with Gasteiger partial charge in [0.05, 0.1) is 0 Å². The van der Waals surface area contributed by atoms with E-state index in [-0.39, 0.29) is 0 Å². The SMILES string of the molecule is C/C=C/C(=O)OCC(=O)NN1C(=O)N[C@@](CC)(c2ccccc2)C1=O. The predicted octanol–water partition coefficient (Wildman–Crippen LogP) is 0.994. The van der Waals surface area contributed by atoms with Gasteiger partial charge in [0.25, 0.3) is 11.8 Å². The number of benzene rings is 1. The Morgan fingerprint density at radius 3 is 2.56 bits per heavy atom. The molecule has 25 heavy (non-hydrogen) atoms. The van der Waals surface area contributed by atoms with E-state index in [1.54, 1.807) is 44.2 Å². The maximum atomic E-state index is 12.8. The molecule has 0 radical (unpaired) electrons. The molecule has 8 nitrogen and oxygen atoms in total. The van der Waals surface area contributed by atoms with Crippen LogP contribution in [0.5, 0.6) is 0 Å². The van der Waals surface area contributed by atoms with Gasteiger partial charge in [-0.1, -0.05) is 43.3 Å². The minimum Gasteiger partial charge on any atom is -0.452 e. The van der Waals surface area contributed by atoms with Gasteiger partial charge in [0, 0.05) is 6.08 Å². The number of hydrogen-bond donors (Lipinski definition) is 2. The number of amides is 4. The zero-order valence-electron chi connectivity index (χ0n) is 13.9. The topological polar surface area (TPSA) is 105 Å². The monoisotopic (exact) mass is 345 g/mol. The predicted molar refractivity (Wildman–Crippen MR) is 87.7 cm³/mol. The fraction of sp³-hybridized carbons (Fsp3) is 0.294. The van der Waals surface area contributed by atoms with Crippen molar-refractivity contribution in [2.24, 2.45) is 0 Å². The van der Waals surface area contributed by atoms with E-state index < -0.39 is 36.0 Å². The summed E-state index contributed by atoms with van der Waals surface area (Å²) in [6, 6.07) is 8.02. The molecule has 4 amide bonds. The van der Waals surface area contributed by atoms with Crippen molar-refractivity contribution in [1.82, 2.24) is 15.8 Å². The van der Waals surface area contributed by atoms with Gasteiger partial charge >= 0.3 is 12.0 Å². The smallest absolute Gasteiger partial charge is 0.344 e. The van der Waals surface area contributed by atoms with E-state index in [1.165, 1.54) is 6.08 Å². The maximum absolute atomic E-state index is 12.8. The lowest BCUT2D eigenvalue weighted by Crippen LogP contribution is -2.49. The van der Waals surface area contributed by atoms with Gasteiger partial charge in [-0.25, -0.2) is 9.59 Å². The van der Waals surface area contributed by atoms with Crippen LogP contribution in [-0.2, 0) is 24.7 Å². The molecule has 1 fully saturated rings. The maximum Gasteiger partial charge on any atom is 0.344 e. The third-order valence-electron chi connectivity index (χ3n) is 3.77. The van der Waals surface area contributed by atoms with Crippen molar-refractivity contribution in [3.8, 4) is 0 Å². The number of nitrogens with one attached hydrogen (secondary N) is 2. The standard InChI is InChI=1S/C17H19N3O5/c1-3-8-14(22)25-11-13(21)19-20-15(23)17(4-2,18-16(20)24)12-9-6-5-7-10-12/h3,5-10H,4,11H2,1-2H3,(H,18,24)(H,19,21)/b8-3+/t17-/m0/s1. The van der Waals surface area contributed by atoms with Gasteiger partial charge < -0.3 is 10.1 Å². The molecule has 2 rings (SSSR count). The van der Waals surface area contributed by atoms with Crippen molar-refractivity contribution < 1.29 is 23.9 Å². The molecule has 0 unspecified atom stereocenters. The Morgan fingerprint density at radius 2 is 1.96 bits per heavy atom. The van der Waals surface area contributed by atoms with Crippen LogP contribution in [0.4, 0.5) is 4.79 Å². The van der Waals surface area contributed by atoms with Crippen LogP contribution in [-0.4, -0.2) is 35.4 Å². The third kappa shape index (κ3) is 3.68. The highest BCUT2D eigenvalue weighted by Crippen LogP contribution is 2.31. The number of nitrogens with zero attached hydrogens (tertiary/aromatic N) is 1. The van der Waals surface area contributed by atoms with Gasteiger partial charge in [0.1, 0.15) is 5.54 Å². The lowest BCUT2D eigenvalue weighted by atomic mass is 9.87. The first-order valence-corrected chi connectivity index (χ1v) is 7.75. The first kappa shape index (κ1) is 18.2. The number of imide groups is 1. The van der Waals surface area contributed by atoms with Gasteiger partial charge in [-0.3, -0.25) is 15.0 Å². The van der Waals surface area contributed by atoms with E-state index in [9.17, 15) is 19.2 Å². The normalized spacial score (nSPS) is 19.8. The Morgan fingerprint density at radius 1 is 1.28 bits per heavy atom. The Labute approximate surface area is 144 Å². The molecule has 1 aromatic carbocycles. The van der Waals surface area contributed by atoms with Crippen LogP contribution in [0.25, 0.3) is 0 Å². The summed E-state index contributed by atoms with van der Waals surface area (Å²) in [6.45, 7) is 2.78. The summed E-state index contributed by atoms with van der Waals surface area (Å²) < 4.78 is 4.68. The van der Waals surface area contributed by atoms with Crippen LogP contribution >= 0.6 is 0 Å². The number of hydrogen-bond acceptors (Lipinski definition) is 5. The first-order chi connectivity index (χ1) is 11.9. The van der Waals surface area contributed by atoms with Gasteiger partial charge in [-0.05, 0) is 18.9 Å². The average Bonchev–Trinajstić information content (AvgIpc) is 2.86. The molecule has 0 spiro atoms. The Kier molecular flexibility index (Phi) is 5.53. The van der Waals surface area contributed by atoms with Gasteiger partial charge in [0.15, 0.2) is 6.61 Å². The number of urea groups is 1. The molecule has 1 aliphatic rings.